The van der Waals surface area contributed by atoms with Crippen LogP contribution in [0.4, 0.5) is 4.79 Å². The monoisotopic (exact) mass is 639 g/mol. The molecule has 1 heterocycles. The van der Waals surface area contributed by atoms with E-state index in [1.54, 1.807) is 30.3 Å². The number of nitrogens with zero attached hydrogens (tertiary/aromatic N) is 1. The van der Waals surface area contributed by atoms with E-state index >= 15 is 0 Å². The summed E-state index contributed by atoms with van der Waals surface area (Å²) in [6.45, 7) is 2.85. The minimum Gasteiger partial charge on any atom is -0.490 e. The van der Waals surface area contributed by atoms with Gasteiger partial charge in [-0.15, -0.1) is 0 Å². The molecular weight excluding hydrogens is 620 g/mol. The van der Waals surface area contributed by atoms with Crippen LogP contribution in [0.2, 0.25) is 10.0 Å². The molecule has 3 aromatic rings. The van der Waals surface area contributed by atoms with Gasteiger partial charge in [0.1, 0.15) is 6.61 Å². The van der Waals surface area contributed by atoms with Crippen LogP contribution in [0.1, 0.15) is 23.6 Å². The maximum absolute atomic E-state index is 12.9. The number of thioether (sulfide) groups is 1. The summed E-state index contributed by atoms with van der Waals surface area (Å²) in [5.41, 5.74) is 2.50. The van der Waals surface area contributed by atoms with Crippen molar-refractivity contribution in [1.29, 1.82) is 0 Å². The van der Waals surface area contributed by atoms with E-state index < -0.39 is 0 Å². The summed E-state index contributed by atoms with van der Waals surface area (Å²) in [7, 11) is 0. The van der Waals surface area contributed by atoms with Crippen molar-refractivity contribution in [3.05, 3.63) is 95.9 Å². The number of hydrogen-bond acceptors (Lipinski definition) is 5. The Morgan fingerprint density at radius 3 is 2.37 bits per heavy atom. The van der Waals surface area contributed by atoms with Crippen LogP contribution in [0.5, 0.6) is 11.5 Å². The maximum atomic E-state index is 12.9. The van der Waals surface area contributed by atoms with Crippen molar-refractivity contribution >= 4 is 74.8 Å². The molecule has 0 unspecified atom stereocenters. The molecule has 35 heavy (non-hydrogen) atoms. The molecule has 1 saturated heterocycles. The second-order valence-electron chi connectivity index (χ2n) is 7.57. The Bertz CT molecular complexity index is 1300. The lowest BCUT2D eigenvalue weighted by atomic mass is 10.1. The Morgan fingerprint density at radius 1 is 0.914 bits per heavy atom. The predicted octanol–water partition coefficient (Wildman–Crippen LogP) is 7.81. The topological polar surface area (TPSA) is 55.8 Å². The van der Waals surface area contributed by atoms with Crippen LogP contribution >= 0.6 is 57.6 Å². The number of carbonyl (C=O) groups is 2. The number of imide groups is 1. The van der Waals surface area contributed by atoms with E-state index in [-0.39, 0.29) is 24.3 Å². The second-order valence-corrected chi connectivity index (χ2v) is 10.6. The highest BCUT2D eigenvalue weighted by Gasteiger charge is 2.35. The number of halogens is 3. The lowest BCUT2D eigenvalue weighted by Gasteiger charge is -2.13. The number of hydrogen-bond donors (Lipinski definition) is 0. The number of rotatable bonds is 8. The molecule has 0 saturated carbocycles. The first-order chi connectivity index (χ1) is 16.8. The van der Waals surface area contributed by atoms with Crippen LogP contribution in [0.3, 0.4) is 0 Å². The van der Waals surface area contributed by atoms with Gasteiger partial charge >= 0.3 is 0 Å². The van der Waals surface area contributed by atoms with Gasteiger partial charge in [-0.25, -0.2) is 0 Å². The third kappa shape index (κ3) is 6.52. The summed E-state index contributed by atoms with van der Waals surface area (Å²) in [6.07, 6.45) is 1.70. The van der Waals surface area contributed by atoms with Gasteiger partial charge in [-0.3, -0.25) is 14.5 Å². The largest absolute Gasteiger partial charge is 0.490 e. The average Bonchev–Trinajstić information content (AvgIpc) is 3.09. The Labute approximate surface area is 231 Å². The highest BCUT2D eigenvalue weighted by atomic mass is 127. The van der Waals surface area contributed by atoms with Gasteiger partial charge in [0, 0.05) is 3.57 Å². The molecule has 1 fully saturated rings. The fourth-order valence-electron chi connectivity index (χ4n) is 3.35. The summed E-state index contributed by atoms with van der Waals surface area (Å²) in [5.74, 6) is 0.790. The van der Waals surface area contributed by atoms with Crippen LogP contribution in [0, 0.1) is 3.57 Å². The van der Waals surface area contributed by atoms with Crippen molar-refractivity contribution < 1.29 is 19.1 Å². The van der Waals surface area contributed by atoms with Crippen LogP contribution in [0.15, 0.2) is 65.6 Å². The molecule has 0 bridgehead atoms. The van der Waals surface area contributed by atoms with Crippen molar-refractivity contribution in [2.75, 3.05) is 6.61 Å². The third-order valence-electron chi connectivity index (χ3n) is 5.07. The highest BCUT2D eigenvalue weighted by molar-refractivity contribution is 14.1. The van der Waals surface area contributed by atoms with Crippen molar-refractivity contribution in [3.8, 4) is 11.5 Å². The van der Waals surface area contributed by atoms with E-state index in [4.69, 9.17) is 32.7 Å². The van der Waals surface area contributed by atoms with Crippen molar-refractivity contribution in [1.82, 2.24) is 4.90 Å². The lowest BCUT2D eigenvalue weighted by molar-refractivity contribution is -0.123. The zero-order valence-electron chi connectivity index (χ0n) is 18.6. The quantitative estimate of drug-likeness (QED) is 0.186. The van der Waals surface area contributed by atoms with Gasteiger partial charge in [0.2, 0.25) is 0 Å². The fraction of sp³-hybridized carbons (Fsp3) is 0.154. The average molecular weight is 640 g/mol. The van der Waals surface area contributed by atoms with Gasteiger partial charge in [0.05, 0.1) is 28.1 Å². The minimum absolute atomic E-state index is 0.241. The summed E-state index contributed by atoms with van der Waals surface area (Å²) in [5, 5.41) is 0.660. The minimum atomic E-state index is -0.309. The van der Waals surface area contributed by atoms with E-state index in [0.29, 0.717) is 33.1 Å². The molecule has 2 amide bonds. The Morgan fingerprint density at radius 2 is 1.66 bits per heavy atom. The molecule has 180 valence electrons. The van der Waals surface area contributed by atoms with Crippen molar-refractivity contribution in [2.24, 2.45) is 0 Å². The smallest absolute Gasteiger partial charge is 0.293 e. The standard InChI is InChI=1S/C26H20Cl2INO4S/c1-2-33-23-12-17(6-10-22(23)34-15-18-5-9-20(27)21(28)11-18)13-24-25(31)30(26(32)35-24)14-16-3-7-19(29)8-4-16/h3-13H,2,14-15H2,1H3/b24-13-. The molecule has 1 aliphatic heterocycles. The number of carbonyl (C=O) groups excluding carboxylic acids is 2. The van der Waals surface area contributed by atoms with E-state index in [1.807, 2.05) is 43.3 Å². The first kappa shape index (κ1) is 25.9. The van der Waals surface area contributed by atoms with Gasteiger partial charge in [-0.05, 0) is 100 Å². The van der Waals surface area contributed by atoms with Gasteiger partial charge in [-0.2, -0.15) is 0 Å². The van der Waals surface area contributed by atoms with Crippen molar-refractivity contribution in [3.63, 3.8) is 0 Å². The fourth-order valence-corrected chi connectivity index (χ4v) is 4.87. The molecule has 4 rings (SSSR count). The summed E-state index contributed by atoms with van der Waals surface area (Å²) < 4.78 is 12.8. The summed E-state index contributed by atoms with van der Waals surface area (Å²) >= 11 is 15.2. The highest BCUT2D eigenvalue weighted by Crippen LogP contribution is 2.36. The van der Waals surface area contributed by atoms with Crippen LogP contribution < -0.4 is 9.47 Å². The Kier molecular flexibility index (Phi) is 8.64. The van der Waals surface area contributed by atoms with E-state index in [2.05, 4.69) is 22.6 Å². The molecule has 9 heteroatoms. The number of amides is 2. The van der Waals surface area contributed by atoms with E-state index in [0.717, 1.165) is 32.0 Å². The molecule has 1 aliphatic rings. The second kappa shape index (κ2) is 11.7. The normalized spacial score (nSPS) is 14.6. The van der Waals surface area contributed by atoms with Crippen LogP contribution in [0.25, 0.3) is 6.08 Å². The maximum Gasteiger partial charge on any atom is 0.293 e. The Hall–Kier alpha value is -2.20. The zero-order chi connectivity index (χ0) is 24.9. The molecule has 0 aromatic heterocycles. The van der Waals surface area contributed by atoms with Gasteiger partial charge in [-0.1, -0.05) is 47.5 Å². The van der Waals surface area contributed by atoms with Crippen molar-refractivity contribution in [2.45, 2.75) is 20.1 Å². The molecular formula is C26H20Cl2INO4S. The van der Waals surface area contributed by atoms with Gasteiger partial charge in [0.15, 0.2) is 11.5 Å². The Balaban J connectivity index is 1.50. The first-order valence-electron chi connectivity index (χ1n) is 10.7. The SMILES string of the molecule is CCOc1cc(/C=C2\SC(=O)N(Cc3ccc(I)cc3)C2=O)ccc1OCc1ccc(Cl)c(Cl)c1. The number of ether oxygens (including phenoxy) is 2. The summed E-state index contributed by atoms with van der Waals surface area (Å²) in [4.78, 5) is 27.1. The molecule has 5 nitrogen and oxygen atoms in total. The van der Waals surface area contributed by atoms with Crippen LogP contribution in [-0.2, 0) is 17.9 Å². The zero-order valence-corrected chi connectivity index (χ0v) is 23.1. The first-order valence-corrected chi connectivity index (χ1v) is 13.3. The molecule has 0 spiro atoms. The molecule has 0 radical (unpaired) electrons. The predicted molar refractivity (Wildman–Crippen MR) is 149 cm³/mol. The summed E-state index contributed by atoms with van der Waals surface area (Å²) in [6, 6.07) is 18.4. The molecule has 0 N–H and O–H groups in total. The van der Waals surface area contributed by atoms with Gasteiger partial charge < -0.3 is 9.47 Å². The number of benzene rings is 3. The van der Waals surface area contributed by atoms with Crippen LogP contribution in [-0.4, -0.2) is 22.7 Å². The third-order valence-corrected chi connectivity index (χ3v) is 7.44. The molecule has 0 atom stereocenters. The van der Waals surface area contributed by atoms with Gasteiger partial charge in [0.25, 0.3) is 11.1 Å². The molecule has 0 aliphatic carbocycles. The molecule has 3 aromatic carbocycles. The lowest BCUT2D eigenvalue weighted by Crippen LogP contribution is -2.27. The van der Waals surface area contributed by atoms with E-state index in [9.17, 15) is 9.59 Å². The van der Waals surface area contributed by atoms with E-state index in [1.165, 1.54) is 4.90 Å².